The lowest BCUT2D eigenvalue weighted by Gasteiger charge is -2.11. The van der Waals surface area contributed by atoms with Crippen LogP contribution in [0.3, 0.4) is 0 Å². The predicted octanol–water partition coefficient (Wildman–Crippen LogP) is 3.87. The maximum atomic E-state index is 13.6. The maximum Gasteiger partial charge on any atom is 0.310 e. The van der Waals surface area contributed by atoms with Crippen molar-refractivity contribution in [3.05, 3.63) is 57.8 Å². The second kappa shape index (κ2) is 8.69. The van der Waals surface area contributed by atoms with Crippen molar-refractivity contribution >= 4 is 40.8 Å². The van der Waals surface area contributed by atoms with Gasteiger partial charge in [-0.15, -0.1) is 0 Å². The minimum Gasteiger partial charge on any atom is -0.495 e. The fraction of sp³-hybridized carbons (Fsp3) is 0.176. The Labute approximate surface area is 153 Å². The summed E-state index contributed by atoms with van der Waals surface area (Å²) in [6, 6.07) is 8.77. The lowest BCUT2D eigenvalue weighted by molar-refractivity contribution is -0.146. The molecule has 1 N–H and O–H groups in total. The molecule has 0 heterocycles. The van der Waals surface area contributed by atoms with E-state index < -0.39 is 24.3 Å². The van der Waals surface area contributed by atoms with Crippen LogP contribution < -0.4 is 10.1 Å². The summed E-state index contributed by atoms with van der Waals surface area (Å²) in [5.41, 5.74) is 0.360. The van der Waals surface area contributed by atoms with Gasteiger partial charge in [0.05, 0.1) is 19.2 Å². The summed E-state index contributed by atoms with van der Waals surface area (Å²) in [7, 11) is 1.44. The van der Waals surface area contributed by atoms with Gasteiger partial charge in [-0.1, -0.05) is 29.3 Å². The standard InChI is InChI=1S/C17H14Cl2FNO4/c1-24-15-6-5-10(18)7-14(15)21-16(22)9-25-17(23)8-11-12(19)3-2-4-13(11)20/h2-7H,8-9H2,1H3,(H,21,22). The van der Waals surface area contributed by atoms with Gasteiger partial charge in [-0.05, 0) is 30.3 Å². The van der Waals surface area contributed by atoms with E-state index in [9.17, 15) is 14.0 Å². The zero-order valence-electron chi connectivity index (χ0n) is 13.1. The quantitative estimate of drug-likeness (QED) is 0.766. The summed E-state index contributed by atoms with van der Waals surface area (Å²) in [4.78, 5) is 23.7. The lowest BCUT2D eigenvalue weighted by atomic mass is 10.1. The van der Waals surface area contributed by atoms with E-state index in [1.54, 1.807) is 12.1 Å². The van der Waals surface area contributed by atoms with Gasteiger partial charge in [0.25, 0.3) is 5.91 Å². The van der Waals surface area contributed by atoms with Crippen LogP contribution in [-0.4, -0.2) is 25.6 Å². The van der Waals surface area contributed by atoms with Gasteiger partial charge >= 0.3 is 5.97 Å². The maximum absolute atomic E-state index is 13.6. The first-order valence-corrected chi connectivity index (χ1v) is 7.88. The van der Waals surface area contributed by atoms with Crippen molar-refractivity contribution in [2.24, 2.45) is 0 Å². The number of rotatable bonds is 6. The topological polar surface area (TPSA) is 64.6 Å². The molecule has 1 amide bonds. The average molecular weight is 386 g/mol. The van der Waals surface area contributed by atoms with Gasteiger partial charge in [0.2, 0.25) is 0 Å². The number of nitrogens with one attached hydrogen (secondary N) is 1. The summed E-state index contributed by atoms with van der Waals surface area (Å²) < 4.78 is 23.6. The van der Waals surface area contributed by atoms with Crippen molar-refractivity contribution in [2.45, 2.75) is 6.42 Å². The number of carbonyl (C=O) groups excluding carboxylic acids is 2. The molecule has 8 heteroatoms. The number of benzene rings is 2. The molecule has 0 saturated heterocycles. The highest BCUT2D eigenvalue weighted by atomic mass is 35.5. The van der Waals surface area contributed by atoms with E-state index in [2.05, 4.69) is 5.32 Å². The second-order valence-corrected chi connectivity index (χ2v) is 5.77. The molecule has 0 unspecified atom stereocenters. The highest BCUT2D eigenvalue weighted by Gasteiger charge is 2.15. The van der Waals surface area contributed by atoms with Crippen molar-refractivity contribution in [3.63, 3.8) is 0 Å². The average Bonchev–Trinajstić information content (AvgIpc) is 2.57. The summed E-state index contributed by atoms with van der Waals surface area (Å²) in [6.07, 6.45) is -0.376. The fourth-order valence-corrected chi connectivity index (χ4v) is 2.41. The molecule has 0 fully saturated rings. The Kier molecular flexibility index (Phi) is 6.61. The third-order valence-electron chi connectivity index (χ3n) is 3.18. The van der Waals surface area contributed by atoms with Crippen molar-refractivity contribution in [2.75, 3.05) is 19.0 Å². The van der Waals surface area contributed by atoms with E-state index >= 15 is 0 Å². The van der Waals surface area contributed by atoms with Crippen molar-refractivity contribution in [3.8, 4) is 5.75 Å². The van der Waals surface area contributed by atoms with Crippen LogP contribution in [0.15, 0.2) is 36.4 Å². The molecule has 0 atom stereocenters. The van der Waals surface area contributed by atoms with Gasteiger partial charge in [0.15, 0.2) is 6.61 Å². The smallest absolute Gasteiger partial charge is 0.310 e. The van der Waals surface area contributed by atoms with E-state index in [0.29, 0.717) is 16.5 Å². The van der Waals surface area contributed by atoms with Crippen molar-refractivity contribution in [1.29, 1.82) is 0 Å². The number of halogens is 3. The number of anilines is 1. The number of methoxy groups -OCH3 is 1. The van der Waals surface area contributed by atoms with Crippen LogP contribution in [0.4, 0.5) is 10.1 Å². The van der Waals surface area contributed by atoms with Crippen LogP contribution >= 0.6 is 23.2 Å². The minimum absolute atomic E-state index is 0.0195. The largest absolute Gasteiger partial charge is 0.495 e. The Morgan fingerprint density at radius 3 is 2.64 bits per heavy atom. The number of esters is 1. The molecule has 0 radical (unpaired) electrons. The molecule has 0 aliphatic heterocycles. The third-order valence-corrected chi connectivity index (χ3v) is 3.77. The molecule has 0 saturated carbocycles. The number of carbonyl (C=O) groups is 2. The zero-order chi connectivity index (χ0) is 18.4. The Bertz CT molecular complexity index is 778. The van der Waals surface area contributed by atoms with Crippen LogP contribution in [-0.2, 0) is 20.7 Å². The Hall–Kier alpha value is -2.31. The first kappa shape index (κ1) is 19.0. The number of ether oxygens (including phenoxy) is 2. The molecule has 5 nitrogen and oxygen atoms in total. The van der Waals surface area contributed by atoms with Gasteiger partial charge in [-0.3, -0.25) is 9.59 Å². The van der Waals surface area contributed by atoms with E-state index in [-0.39, 0.29) is 17.0 Å². The second-order valence-electron chi connectivity index (χ2n) is 4.93. The first-order valence-electron chi connectivity index (χ1n) is 7.12. The summed E-state index contributed by atoms with van der Waals surface area (Å²) in [5, 5.41) is 3.04. The SMILES string of the molecule is COc1ccc(Cl)cc1NC(=O)COC(=O)Cc1c(F)cccc1Cl. The predicted molar refractivity (Wildman–Crippen MR) is 92.7 cm³/mol. The van der Waals surface area contributed by atoms with Gasteiger partial charge < -0.3 is 14.8 Å². The minimum atomic E-state index is -0.778. The Balaban J connectivity index is 1.92. The van der Waals surface area contributed by atoms with Gasteiger partial charge in [-0.2, -0.15) is 0 Å². The normalized spacial score (nSPS) is 10.2. The van der Waals surface area contributed by atoms with Gasteiger partial charge in [0.1, 0.15) is 11.6 Å². The molecule has 0 bridgehead atoms. The molecule has 2 rings (SSSR count). The summed E-state index contributed by atoms with van der Waals surface area (Å²) in [6.45, 7) is -0.541. The number of hydrogen-bond acceptors (Lipinski definition) is 4. The molecule has 0 spiro atoms. The van der Waals surface area contributed by atoms with Crippen LogP contribution in [0.1, 0.15) is 5.56 Å². The number of hydrogen-bond donors (Lipinski definition) is 1. The molecule has 2 aromatic rings. The van der Waals surface area contributed by atoms with Crippen LogP contribution in [0.25, 0.3) is 0 Å². The van der Waals surface area contributed by atoms with Crippen molar-refractivity contribution in [1.82, 2.24) is 0 Å². The molecular formula is C17H14Cl2FNO4. The monoisotopic (exact) mass is 385 g/mol. The highest BCUT2D eigenvalue weighted by molar-refractivity contribution is 6.31. The van der Waals surface area contributed by atoms with E-state index in [0.717, 1.165) is 0 Å². The molecule has 0 aliphatic rings. The van der Waals surface area contributed by atoms with E-state index in [1.807, 2.05) is 0 Å². The number of amides is 1. The Morgan fingerprint density at radius 1 is 1.20 bits per heavy atom. The molecule has 0 aromatic heterocycles. The molecule has 2 aromatic carbocycles. The van der Waals surface area contributed by atoms with Crippen LogP contribution in [0, 0.1) is 5.82 Å². The Morgan fingerprint density at radius 2 is 1.96 bits per heavy atom. The zero-order valence-corrected chi connectivity index (χ0v) is 14.7. The van der Waals surface area contributed by atoms with Crippen LogP contribution in [0.5, 0.6) is 5.75 Å². The molecule has 132 valence electrons. The van der Waals surface area contributed by atoms with Crippen molar-refractivity contribution < 1.29 is 23.5 Å². The van der Waals surface area contributed by atoms with Crippen LogP contribution in [0.2, 0.25) is 10.0 Å². The molecule has 0 aliphatic carbocycles. The highest BCUT2D eigenvalue weighted by Crippen LogP contribution is 2.27. The summed E-state index contributed by atoms with van der Waals surface area (Å²) in [5.74, 6) is -1.58. The van der Waals surface area contributed by atoms with E-state index in [4.69, 9.17) is 32.7 Å². The van der Waals surface area contributed by atoms with Gasteiger partial charge in [-0.25, -0.2) is 4.39 Å². The molecule has 25 heavy (non-hydrogen) atoms. The van der Waals surface area contributed by atoms with E-state index in [1.165, 1.54) is 31.4 Å². The van der Waals surface area contributed by atoms with Gasteiger partial charge in [0, 0.05) is 15.6 Å². The molecular weight excluding hydrogens is 372 g/mol. The lowest BCUT2D eigenvalue weighted by Crippen LogP contribution is -2.22. The fourth-order valence-electron chi connectivity index (χ4n) is 2.01. The third kappa shape index (κ3) is 5.34. The summed E-state index contributed by atoms with van der Waals surface area (Å²) >= 11 is 11.7. The first-order chi connectivity index (χ1) is 11.9.